The van der Waals surface area contributed by atoms with E-state index in [9.17, 15) is 13.2 Å². The first-order chi connectivity index (χ1) is 10.9. The molecule has 0 aliphatic rings. The number of nitrogens with zero attached hydrogens (tertiary/aromatic N) is 2. The molecule has 0 aliphatic heterocycles. The van der Waals surface area contributed by atoms with Gasteiger partial charge in [-0.1, -0.05) is 47.1 Å². The standard InChI is InChI=1S/C17H12BrF3N2/c1-2-14-22-15(10-5-3-6-11(18)9-10)12-7-4-8-13(16(12)23-14)17(19,20)21/h3-9H,2H2,1H3. The van der Waals surface area contributed by atoms with Gasteiger partial charge >= 0.3 is 6.18 Å². The summed E-state index contributed by atoms with van der Waals surface area (Å²) in [4.78, 5) is 8.58. The lowest BCUT2D eigenvalue weighted by atomic mass is 10.0. The third-order valence-corrected chi connectivity index (χ3v) is 3.99. The highest BCUT2D eigenvalue weighted by Gasteiger charge is 2.33. The third kappa shape index (κ3) is 3.08. The summed E-state index contributed by atoms with van der Waals surface area (Å²) in [6.07, 6.45) is -3.99. The largest absolute Gasteiger partial charge is 0.418 e. The van der Waals surface area contributed by atoms with Gasteiger partial charge in [-0.2, -0.15) is 13.2 Å². The molecule has 0 N–H and O–H groups in total. The van der Waals surface area contributed by atoms with Crippen LogP contribution in [0.5, 0.6) is 0 Å². The van der Waals surface area contributed by atoms with E-state index in [4.69, 9.17) is 0 Å². The summed E-state index contributed by atoms with van der Waals surface area (Å²) in [6, 6.07) is 11.4. The van der Waals surface area contributed by atoms with Crippen molar-refractivity contribution < 1.29 is 13.2 Å². The highest BCUT2D eigenvalue weighted by molar-refractivity contribution is 9.10. The summed E-state index contributed by atoms with van der Waals surface area (Å²) >= 11 is 3.38. The minimum atomic E-state index is -4.45. The van der Waals surface area contributed by atoms with E-state index in [2.05, 4.69) is 25.9 Å². The fourth-order valence-corrected chi connectivity index (χ4v) is 2.84. The molecule has 0 amide bonds. The molecule has 0 fully saturated rings. The molecule has 0 saturated carbocycles. The van der Waals surface area contributed by atoms with Crippen molar-refractivity contribution >= 4 is 26.8 Å². The van der Waals surface area contributed by atoms with Crippen LogP contribution in [0.2, 0.25) is 0 Å². The minimum Gasteiger partial charge on any atom is -0.232 e. The topological polar surface area (TPSA) is 25.8 Å². The summed E-state index contributed by atoms with van der Waals surface area (Å²) in [5, 5.41) is 0.398. The first-order valence-electron chi connectivity index (χ1n) is 7.03. The van der Waals surface area contributed by atoms with Crippen LogP contribution in [0.1, 0.15) is 18.3 Å². The lowest BCUT2D eigenvalue weighted by Crippen LogP contribution is -2.08. The number of hydrogen-bond acceptors (Lipinski definition) is 2. The summed E-state index contributed by atoms with van der Waals surface area (Å²) in [5.74, 6) is 0.393. The molecule has 2 nitrogen and oxygen atoms in total. The van der Waals surface area contributed by atoms with Gasteiger partial charge in [0.15, 0.2) is 0 Å². The lowest BCUT2D eigenvalue weighted by molar-refractivity contribution is -0.136. The van der Waals surface area contributed by atoms with E-state index in [1.807, 2.05) is 31.2 Å². The van der Waals surface area contributed by atoms with Crippen LogP contribution in [0.4, 0.5) is 13.2 Å². The number of rotatable bonds is 2. The number of alkyl halides is 3. The number of hydrogen-bond donors (Lipinski definition) is 0. The van der Waals surface area contributed by atoms with Gasteiger partial charge in [-0.05, 0) is 18.2 Å². The molecule has 0 bridgehead atoms. The quantitative estimate of drug-likeness (QED) is 0.574. The van der Waals surface area contributed by atoms with Crippen molar-refractivity contribution in [2.75, 3.05) is 0 Å². The SMILES string of the molecule is CCc1nc(-c2cccc(Br)c2)c2cccc(C(F)(F)F)c2n1. The number of para-hydroxylation sites is 1. The molecule has 0 aliphatic carbocycles. The maximum absolute atomic E-state index is 13.3. The van der Waals surface area contributed by atoms with E-state index in [1.165, 1.54) is 6.07 Å². The Hall–Kier alpha value is -1.95. The van der Waals surface area contributed by atoms with Gasteiger partial charge in [0.05, 0.1) is 16.8 Å². The van der Waals surface area contributed by atoms with E-state index in [0.29, 0.717) is 23.3 Å². The van der Waals surface area contributed by atoms with Crippen LogP contribution in [-0.4, -0.2) is 9.97 Å². The van der Waals surface area contributed by atoms with Crippen molar-refractivity contribution in [2.24, 2.45) is 0 Å². The first-order valence-corrected chi connectivity index (χ1v) is 7.82. The van der Waals surface area contributed by atoms with Crippen molar-refractivity contribution in [2.45, 2.75) is 19.5 Å². The van der Waals surface area contributed by atoms with Crippen LogP contribution < -0.4 is 0 Å². The second kappa shape index (κ2) is 5.92. The second-order valence-electron chi connectivity index (χ2n) is 5.05. The van der Waals surface area contributed by atoms with Gasteiger partial charge in [-0.3, -0.25) is 0 Å². The molecular weight excluding hydrogens is 369 g/mol. The number of aryl methyl sites for hydroxylation is 1. The predicted octanol–water partition coefficient (Wildman–Crippen LogP) is 5.64. The minimum absolute atomic E-state index is 0.0539. The zero-order chi connectivity index (χ0) is 16.6. The number of halogens is 4. The van der Waals surface area contributed by atoms with Gasteiger partial charge in [0.25, 0.3) is 0 Å². The van der Waals surface area contributed by atoms with Crippen molar-refractivity contribution in [3.63, 3.8) is 0 Å². The van der Waals surface area contributed by atoms with Crippen molar-refractivity contribution in [3.05, 3.63) is 58.3 Å². The highest BCUT2D eigenvalue weighted by Crippen LogP contribution is 2.36. The predicted molar refractivity (Wildman–Crippen MR) is 87.1 cm³/mol. The maximum atomic E-state index is 13.3. The van der Waals surface area contributed by atoms with Gasteiger partial charge in [-0.25, -0.2) is 9.97 Å². The Morgan fingerprint density at radius 2 is 1.78 bits per heavy atom. The van der Waals surface area contributed by atoms with Gasteiger partial charge in [-0.15, -0.1) is 0 Å². The molecule has 0 radical (unpaired) electrons. The molecule has 6 heteroatoms. The van der Waals surface area contributed by atoms with Crippen LogP contribution in [-0.2, 0) is 12.6 Å². The molecule has 1 aromatic heterocycles. The van der Waals surface area contributed by atoms with Crippen molar-refractivity contribution in [1.82, 2.24) is 9.97 Å². The van der Waals surface area contributed by atoms with E-state index in [-0.39, 0.29) is 5.52 Å². The van der Waals surface area contributed by atoms with Gasteiger partial charge < -0.3 is 0 Å². The molecule has 0 saturated heterocycles. The van der Waals surface area contributed by atoms with E-state index >= 15 is 0 Å². The Kier molecular flexibility index (Phi) is 4.10. The summed E-state index contributed by atoms with van der Waals surface area (Å²) in [7, 11) is 0. The molecule has 118 valence electrons. The molecule has 0 unspecified atom stereocenters. The average molecular weight is 381 g/mol. The van der Waals surface area contributed by atoms with Crippen LogP contribution in [0, 0.1) is 0 Å². The molecule has 3 aromatic rings. The average Bonchev–Trinajstić information content (AvgIpc) is 2.52. The van der Waals surface area contributed by atoms with E-state index < -0.39 is 11.7 Å². The summed E-state index contributed by atoms with van der Waals surface area (Å²) < 4.78 is 40.7. The number of fused-ring (bicyclic) bond motifs is 1. The number of aromatic nitrogens is 2. The molecule has 2 aromatic carbocycles. The Morgan fingerprint density at radius 3 is 2.43 bits per heavy atom. The second-order valence-corrected chi connectivity index (χ2v) is 5.97. The Labute approximate surface area is 139 Å². The van der Waals surface area contributed by atoms with Crippen molar-refractivity contribution in [1.29, 1.82) is 0 Å². The van der Waals surface area contributed by atoms with Crippen LogP contribution >= 0.6 is 15.9 Å². The third-order valence-electron chi connectivity index (χ3n) is 3.49. The zero-order valence-electron chi connectivity index (χ0n) is 12.2. The normalized spacial score (nSPS) is 11.9. The molecule has 1 heterocycles. The Balaban J connectivity index is 2.38. The number of benzene rings is 2. The van der Waals surface area contributed by atoms with Crippen LogP contribution in [0.25, 0.3) is 22.2 Å². The lowest BCUT2D eigenvalue weighted by Gasteiger charge is -2.13. The maximum Gasteiger partial charge on any atom is 0.418 e. The fraction of sp³-hybridized carbons (Fsp3) is 0.176. The fourth-order valence-electron chi connectivity index (χ4n) is 2.44. The van der Waals surface area contributed by atoms with E-state index in [0.717, 1.165) is 16.1 Å². The smallest absolute Gasteiger partial charge is 0.232 e. The summed E-state index contributed by atoms with van der Waals surface area (Å²) in [5.41, 5.74) is 0.477. The Bertz CT molecular complexity index is 875. The van der Waals surface area contributed by atoms with E-state index in [1.54, 1.807) is 6.07 Å². The Morgan fingerprint density at radius 1 is 1.04 bits per heavy atom. The monoisotopic (exact) mass is 380 g/mol. The molecule has 0 atom stereocenters. The van der Waals surface area contributed by atoms with Crippen molar-refractivity contribution in [3.8, 4) is 11.3 Å². The molecule has 0 spiro atoms. The molecular formula is C17H12BrF3N2. The summed E-state index contributed by atoms with van der Waals surface area (Å²) in [6.45, 7) is 1.82. The van der Waals surface area contributed by atoms with Crippen LogP contribution in [0.3, 0.4) is 0 Å². The first kappa shape index (κ1) is 15.9. The molecule has 23 heavy (non-hydrogen) atoms. The zero-order valence-corrected chi connectivity index (χ0v) is 13.7. The molecule has 3 rings (SSSR count). The highest BCUT2D eigenvalue weighted by atomic mass is 79.9. The van der Waals surface area contributed by atoms with Crippen LogP contribution in [0.15, 0.2) is 46.9 Å². The van der Waals surface area contributed by atoms with Gasteiger partial charge in [0, 0.05) is 21.8 Å². The van der Waals surface area contributed by atoms with Gasteiger partial charge in [0.2, 0.25) is 0 Å². The van der Waals surface area contributed by atoms with Gasteiger partial charge in [0.1, 0.15) is 5.82 Å².